The second-order valence-corrected chi connectivity index (χ2v) is 9.53. The summed E-state index contributed by atoms with van der Waals surface area (Å²) in [5.74, 6) is 0. The van der Waals surface area contributed by atoms with Gasteiger partial charge in [-0.3, -0.25) is 0 Å². The molecule has 1 unspecified atom stereocenters. The van der Waals surface area contributed by atoms with Gasteiger partial charge in [-0.25, -0.2) is 0 Å². The molecule has 0 saturated carbocycles. The van der Waals surface area contributed by atoms with Crippen LogP contribution in [0.1, 0.15) is 36.3 Å². The van der Waals surface area contributed by atoms with Crippen molar-refractivity contribution in [1.82, 2.24) is 0 Å². The molecule has 0 N–H and O–H groups in total. The second-order valence-electron chi connectivity index (χ2n) is 4.72. The lowest BCUT2D eigenvalue weighted by Crippen LogP contribution is -2.40. The molecular weight excluding hydrogens is 180 g/mol. The van der Waals surface area contributed by atoms with Crippen LogP contribution in [-0.2, 0) is 9.22 Å². The van der Waals surface area contributed by atoms with Gasteiger partial charge in [0.05, 0.1) is 0 Å². The van der Waals surface area contributed by atoms with E-state index in [0.717, 1.165) is 0 Å². The van der Waals surface area contributed by atoms with Gasteiger partial charge in [0.15, 0.2) is 8.32 Å². The lowest BCUT2D eigenvalue weighted by atomic mass is 10.2. The lowest BCUT2D eigenvalue weighted by Gasteiger charge is -2.36. The quantitative estimate of drug-likeness (QED) is 0.508. The van der Waals surface area contributed by atoms with Crippen LogP contribution in [-0.4, -0.2) is 21.2 Å². The third-order valence-electron chi connectivity index (χ3n) is 2.61. The summed E-state index contributed by atoms with van der Waals surface area (Å²) in [6.45, 7) is 11.1. The van der Waals surface area contributed by atoms with Crippen LogP contribution in [0.4, 0.5) is 0 Å². The van der Waals surface area contributed by atoms with Crippen molar-refractivity contribution in [2.24, 2.45) is 0 Å². The molecule has 0 aliphatic rings. The molecule has 0 aromatic carbocycles. The van der Waals surface area contributed by atoms with Crippen molar-refractivity contribution < 1.29 is 12.0 Å². The van der Waals surface area contributed by atoms with E-state index >= 15 is 0 Å². The van der Waals surface area contributed by atoms with Gasteiger partial charge in [-0.2, -0.15) is 0 Å². The van der Waals surface area contributed by atoms with Crippen LogP contribution in [0.15, 0.2) is 0 Å². The highest BCUT2D eigenvalue weighted by Gasteiger charge is 2.36. The van der Waals surface area contributed by atoms with Crippen molar-refractivity contribution >= 4 is 14.6 Å². The predicted molar refractivity (Wildman–Crippen MR) is 58.4 cm³/mol. The Kier molecular flexibility index (Phi) is 3.55. The van der Waals surface area contributed by atoms with Crippen LogP contribution < -0.4 is 0 Å². The van der Waals surface area contributed by atoms with Crippen LogP contribution in [0.3, 0.4) is 0 Å². The number of hydrogen-bond donors (Lipinski definition) is 0. The van der Waals surface area contributed by atoms with Crippen molar-refractivity contribution in [3.05, 3.63) is 0 Å². The first-order chi connectivity index (χ1) is 6.58. The van der Waals surface area contributed by atoms with Crippen molar-refractivity contribution in [3.8, 4) is 0 Å². The zero-order valence-corrected chi connectivity index (χ0v) is 10.3. The Morgan fingerprint density at radius 3 is 2.46 bits per heavy atom. The largest absolute Gasteiger partial charge is 0.417 e. The molecule has 0 heterocycles. The maximum atomic E-state index is 10.5. The minimum Gasteiger partial charge on any atom is -0.417 e. The fraction of sp³-hybridized carbons (Fsp3) is 0.900. The molecular formula is C10H22O2Si. The maximum absolute atomic E-state index is 10.5. The van der Waals surface area contributed by atoms with Crippen molar-refractivity contribution in [1.29, 1.82) is 0 Å². The smallest absolute Gasteiger partial charge is 0.191 e. The average molecular weight is 204 g/mol. The van der Waals surface area contributed by atoms with E-state index in [1.807, 2.05) is 0 Å². The summed E-state index contributed by atoms with van der Waals surface area (Å²) >= 11 is 0. The highest BCUT2D eigenvalue weighted by Crippen LogP contribution is 2.36. The molecule has 0 aliphatic heterocycles. The van der Waals surface area contributed by atoms with Crippen molar-refractivity contribution in [3.63, 3.8) is 0 Å². The standard InChI is InChI=1S/C10H22O2Si/c1-10(2,3)13(4,5)12-9-7-6-8-11/h8H,6-7,9H2,1-5H3/i6D,8D. The molecule has 0 fully saturated rings. The van der Waals surface area contributed by atoms with Crippen molar-refractivity contribution in [2.45, 2.75) is 51.7 Å². The van der Waals surface area contributed by atoms with E-state index in [4.69, 9.17) is 7.17 Å². The molecule has 0 amide bonds. The third-order valence-corrected chi connectivity index (χ3v) is 7.15. The summed E-state index contributed by atoms with van der Waals surface area (Å²) in [6.07, 6.45) is -1.45. The van der Waals surface area contributed by atoms with Gasteiger partial charge < -0.3 is 9.22 Å². The molecule has 0 aliphatic carbocycles. The molecule has 1 atom stereocenters. The van der Waals surface area contributed by atoms with Gasteiger partial charge in [-0.15, -0.1) is 0 Å². The van der Waals surface area contributed by atoms with E-state index in [1.165, 1.54) is 0 Å². The molecule has 13 heavy (non-hydrogen) atoms. The third kappa shape index (κ3) is 4.57. The van der Waals surface area contributed by atoms with Crippen molar-refractivity contribution in [2.75, 3.05) is 6.61 Å². The average Bonchev–Trinajstić information content (AvgIpc) is 2.01. The van der Waals surface area contributed by atoms with Gasteiger partial charge in [0.2, 0.25) is 0 Å². The van der Waals surface area contributed by atoms with Crippen LogP contribution in [0.2, 0.25) is 18.1 Å². The number of carbonyl (C=O) groups excluding carboxylic acids is 1. The molecule has 0 aromatic heterocycles. The van der Waals surface area contributed by atoms with E-state index < -0.39 is 21.0 Å². The second kappa shape index (κ2) is 4.91. The minimum absolute atomic E-state index is 0.148. The van der Waals surface area contributed by atoms with Gasteiger partial charge in [0.1, 0.15) is 7.63 Å². The Morgan fingerprint density at radius 1 is 1.54 bits per heavy atom. The fourth-order valence-corrected chi connectivity index (χ4v) is 1.71. The first kappa shape index (κ1) is 9.40. The van der Waals surface area contributed by atoms with Gasteiger partial charge in [0.25, 0.3) is 0 Å². The highest BCUT2D eigenvalue weighted by atomic mass is 28.4. The predicted octanol–water partition coefficient (Wildman–Crippen LogP) is 2.99. The summed E-state index contributed by atoms with van der Waals surface area (Å²) in [5, 5.41) is 0.148. The highest BCUT2D eigenvalue weighted by molar-refractivity contribution is 6.74. The van der Waals surface area contributed by atoms with Gasteiger partial charge >= 0.3 is 0 Å². The number of aldehydes is 1. The van der Waals surface area contributed by atoms with E-state index in [9.17, 15) is 4.79 Å². The lowest BCUT2D eigenvalue weighted by molar-refractivity contribution is -0.108. The molecule has 78 valence electrons. The Balaban J connectivity index is 4.01. The first-order valence-electron chi connectivity index (χ1n) is 5.72. The van der Waals surface area contributed by atoms with Crippen LogP contribution >= 0.6 is 0 Å². The molecule has 0 radical (unpaired) electrons. The SMILES string of the molecule is [2H]C(=O)C([2H])CCO[Si](C)(C)C(C)(C)C. The minimum atomic E-state index is -1.76. The van der Waals surface area contributed by atoms with Crippen LogP contribution in [0.5, 0.6) is 0 Å². The van der Waals surface area contributed by atoms with Crippen LogP contribution in [0, 0.1) is 0 Å². The summed E-state index contributed by atoms with van der Waals surface area (Å²) in [4.78, 5) is 10.5. The fourth-order valence-electron chi connectivity index (χ4n) is 0.648. The topological polar surface area (TPSA) is 26.3 Å². The molecule has 0 saturated heterocycles. The van der Waals surface area contributed by atoms with E-state index in [-0.39, 0.29) is 5.04 Å². The molecule has 0 aromatic rings. The van der Waals surface area contributed by atoms with Crippen LogP contribution in [0.25, 0.3) is 0 Å². The number of hydrogen-bond acceptors (Lipinski definition) is 2. The zero-order chi connectivity index (χ0) is 12.3. The van der Waals surface area contributed by atoms with E-state index in [0.29, 0.717) is 13.0 Å². The van der Waals surface area contributed by atoms with E-state index in [2.05, 4.69) is 33.9 Å². The first-order valence-corrected chi connectivity index (χ1v) is 7.55. The zero-order valence-electron chi connectivity index (χ0n) is 11.3. The van der Waals surface area contributed by atoms with E-state index in [1.54, 1.807) is 0 Å². The molecule has 0 spiro atoms. The Morgan fingerprint density at radius 2 is 2.08 bits per heavy atom. The Labute approximate surface area is 85.6 Å². The van der Waals surface area contributed by atoms with Gasteiger partial charge in [-0.1, -0.05) is 20.8 Å². The monoisotopic (exact) mass is 204 g/mol. The summed E-state index contributed by atoms with van der Waals surface area (Å²) in [7, 11) is -1.76. The number of rotatable bonds is 5. The van der Waals surface area contributed by atoms with Gasteiger partial charge in [0, 0.05) is 14.4 Å². The number of carbonyl (C=O) groups is 1. The summed E-state index contributed by atoms with van der Waals surface area (Å²) < 4.78 is 19.9. The summed E-state index contributed by atoms with van der Waals surface area (Å²) in [6, 6.07) is 0. The Bertz CT molecular complexity index is 224. The molecule has 0 bridgehead atoms. The molecule has 0 rings (SSSR count). The Hall–Kier alpha value is -0.153. The molecule has 3 heteroatoms. The molecule has 2 nitrogen and oxygen atoms in total. The van der Waals surface area contributed by atoms with Gasteiger partial charge in [-0.05, 0) is 24.6 Å². The summed E-state index contributed by atoms with van der Waals surface area (Å²) in [5.41, 5.74) is 0. The normalized spacial score (nSPS) is 17.6. The maximum Gasteiger partial charge on any atom is 0.191 e.